The van der Waals surface area contributed by atoms with Crippen LogP contribution < -0.4 is 4.74 Å². The number of carbonyl (C=O) groups is 1. The fraction of sp³-hybridized carbons (Fsp3) is 0.167. The molecule has 3 aromatic rings. The van der Waals surface area contributed by atoms with E-state index in [1.54, 1.807) is 25.2 Å². The minimum Gasteiger partial charge on any atom is -0.483 e. The predicted molar refractivity (Wildman–Crippen MR) is 101 cm³/mol. The molecule has 0 aliphatic carbocycles. The summed E-state index contributed by atoms with van der Waals surface area (Å²) in [5, 5.41) is 8.57. The van der Waals surface area contributed by atoms with Crippen LogP contribution in [0.25, 0.3) is 11.5 Å². The molecule has 0 atom stereocenters. The second kappa shape index (κ2) is 8.33. The quantitative estimate of drug-likeness (QED) is 0.579. The van der Waals surface area contributed by atoms with Gasteiger partial charge in [0.25, 0.3) is 5.91 Å². The fourth-order valence-electron chi connectivity index (χ4n) is 2.15. The molecule has 2 aromatic carbocycles. The third-order valence-electron chi connectivity index (χ3n) is 3.53. The van der Waals surface area contributed by atoms with Crippen LogP contribution in [0.15, 0.2) is 57.4 Å². The highest BCUT2D eigenvalue weighted by molar-refractivity contribution is 9.10. The van der Waals surface area contributed by atoms with Crippen molar-refractivity contribution in [3.8, 4) is 17.2 Å². The number of carbonyl (C=O) groups excluding carboxylic acids is 1. The number of hydrogen-bond donors (Lipinski definition) is 0. The first kappa shape index (κ1) is 18.4. The zero-order valence-electron chi connectivity index (χ0n) is 13.9. The second-order valence-corrected chi connectivity index (χ2v) is 6.77. The van der Waals surface area contributed by atoms with Crippen LogP contribution in [0.4, 0.5) is 0 Å². The molecule has 1 amide bonds. The Hall–Kier alpha value is -2.38. The third kappa shape index (κ3) is 4.62. The predicted octanol–water partition coefficient (Wildman–Crippen LogP) is 4.19. The maximum Gasteiger partial charge on any atom is 0.260 e. The summed E-state index contributed by atoms with van der Waals surface area (Å²) in [6, 6.07) is 14.5. The van der Waals surface area contributed by atoms with Crippen molar-refractivity contribution in [1.82, 2.24) is 15.1 Å². The van der Waals surface area contributed by atoms with E-state index in [0.717, 1.165) is 5.56 Å². The lowest BCUT2D eigenvalue weighted by atomic mass is 10.2. The Labute approximate surface area is 163 Å². The lowest BCUT2D eigenvalue weighted by Crippen LogP contribution is -2.31. The van der Waals surface area contributed by atoms with Crippen LogP contribution in [0.1, 0.15) is 5.89 Å². The van der Waals surface area contributed by atoms with Crippen molar-refractivity contribution < 1.29 is 13.9 Å². The van der Waals surface area contributed by atoms with Crippen molar-refractivity contribution in [3.05, 3.63) is 63.9 Å². The Morgan fingerprint density at radius 3 is 2.73 bits per heavy atom. The van der Waals surface area contributed by atoms with Gasteiger partial charge in [-0.2, -0.15) is 0 Å². The normalized spacial score (nSPS) is 10.6. The minimum atomic E-state index is -0.216. The van der Waals surface area contributed by atoms with Gasteiger partial charge in [-0.15, -0.1) is 10.2 Å². The van der Waals surface area contributed by atoms with Crippen LogP contribution in [-0.2, 0) is 11.3 Å². The number of benzene rings is 2. The van der Waals surface area contributed by atoms with Gasteiger partial charge in [0.1, 0.15) is 5.75 Å². The number of ether oxygens (including phenoxy) is 1. The zero-order valence-corrected chi connectivity index (χ0v) is 16.2. The molecule has 6 nitrogen and oxygen atoms in total. The van der Waals surface area contributed by atoms with Crippen molar-refractivity contribution >= 4 is 33.4 Å². The number of amides is 1. The van der Waals surface area contributed by atoms with Crippen molar-refractivity contribution in [2.75, 3.05) is 13.7 Å². The number of nitrogens with zero attached hydrogens (tertiary/aromatic N) is 3. The first-order valence-corrected chi connectivity index (χ1v) is 8.89. The van der Waals surface area contributed by atoms with E-state index < -0.39 is 0 Å². The minimum absolute atomic E-state index is 0.115. The molecule has 0 N–H and O–H groups in total. The van der Waals surface area contributed by atoms with Gasteiger partial charge in [-0.3, -0.25) is 4.79 Å². The molecule has 0 fully saturated rings. The lowest BCUT2D eigenvalue weighted by Gasteiger charge is -2.15. The standard InChI is InChI=1S/C18H15BrClN3O3/c1-23(17(24)11-25-15-8-7-13(20)9-14(15)19)10-16-21-22-18(26-16)12-5-3-2-4-6-12/h2-9H,10-11H2,1H3. The Morgan fingerprint density at radius 1 is 1.23 bits per heavy atom. The second-order valence-electron chi connectivity index (χ2n) is 5.48. The smallest absolute Gasteiger partial charge is 0.260 e. The van der Waals surface area contributed by atoms with Gasteiger partial charge in [-0.05, 0) is 46.3 Å². The van der Waals surface area contributed by atoms with E-state index in [9.17, 15) is 4.79 Å². The van der Waals surface area contributed by atoms with E-state index in [1.165, 1.54) is 4.90 Å². The summed E-state index contributed by atoms with van der Waals surface area (Å²) in [7, 11) is 1.65. The summed E-state index contributed by atoms with van der Waals surface area (Å²) in [5.41, 5.74) is 0.830. The summed E-state index contributed by atoms with van der Waals surface area (Å²) in [5.74, 6) is 1.10. The molecule has 8 heteroatoms. The van der Waals surface area contributed by atoms with Gasteiger partial charge in [0.05, 0.1) is 11.0 Å². The van der Waals surface area contributed by atoms with Crippen LogP contribution in [0.3, 0.4) is 0 Å². The molecule has 134 valence electrons. The van der Waals surface area contributed by atoms with Gasteiger partial charge in [0.2, 0.25) is 11.8 Å². The van der Waals surface area contributed by atoms with Crippen LogP contribution in [0.5, 0.6) is 5.75 Å². The molecular weight excluding hydrogens is 422 g/mol. The van der Waals surface area contributed by atoms with Crippen LogP contribution in [-0.4, -0.2) is 34.7 Å². The van der Waals surface area contributed by atoms with Crippen LogP contribution >= 0.6 is 27.5 Å². The molecule has 0 aliphatic heterocycles. The maximum absolute atomic E-state index is 12.2. The van der Waals surface area contributed by atoms with Gasteiger partial charge in [0, 0.05) is 17.6 Å². The van der Waals surface area contributed by atoms with Crippen molar-refractivity contribution in [3.63, 3.8) is 0 Å². The number of likely N-dealkylation sites (N-methyl/N-ethyl adjacent to an activating group) is 1. The molecule has 0 unspecified atom stereocenters. The first-order chi connectivity index (χ1) is 12.5. The van der Waals surface area contributed by atoms with Crippen molar-refractivity contribution in [1.29, 1.82) is 0 Å². The van der Waals surface area contributed by atoms with Gasteiger partial charge in [-0.25, -0.2) is 0 Å². The topological polar surface area (TPSA) is 68.5 Å². The van der Waals surface area contributed by atoms with E-state index in [0.29, 0.717) is 27.0 Å². The van der Waals surface area contributed by atoms with E-state index in [-0.39, 0.29) is 19.1 Å². The molecule has 0 saturated carbocycles. The Morgan fingerprint density at radius 2 is 2.00 bits per heavy atom. The van der Waals surface area contributed by atoms with Gasteiger partial charge < -0.3 is 14.1 Å². The highest BCUT2D eigenvalue weighted by atomic mass is 79.9. The molecule has 0 saturated heterocycles. The average molecular weight is 437 g/mol. The van der Waals surface area contributed by atoms with Gasteiger partial charge >= 0.3 is 0 Å². The number of halogens is 2. The largest absolute Gasteiger partial charge is 0.483 e. The van der Waals surface area contributed by atoms with Crippen LogP contribution in [0.2, 0.25) is 5.02 Å². The molecule has 0 bridgehead atoms. The molecule has 3 rings (SSSR count). The molecule has 26 heavy (non-hydrogen) atoms. The Balaban J connectivity index is 1.57. The molecule has 0 spiro atoms. The number of rotatable bonds is 6. The fourth-order valence-corrected chi connectivity index (χ4v) is 2.95. The zero-order chi connectivity index (χ0) is 18.5. The monoisotopic (exact) mass is 435 g/mol. The summed E-state index contributed by atoms with van der Waals surface area (Å²) in [6.45, 7) is 0.0836. The third-order valence-corrected chi connectivity index (χ3v) is 4.39. The maximum atomic E-state index is 12.2. The highest BCUT2D eigenvalue weighted by Gasteiger charge is 2.15. The summed E-state index contributed by atoms with van der Waals surface area (Å²) >= 11 is 9.23. The van der Waals surface area contributed by atoms with E-state index >= 15 is 0 Å². The molecule has 1 aromatic heterocycles. The Kier molecular flexibility index (Phi) is 5.90. The summed E-state index contributed by atoms with van der Waals surface area (Å²) in [4.78, 5) is 13.7. The summed E-state index contributed by atoms with van der Waals surface area (Å²) < 4.78 is 11.8. The first-order valence-electron chi connectivity index (χ1n) is 7.72. The molecule has 0 aliphatic rings. The Bertz CT molecular complexity index is 902. The lowest BCUT2D eigenvalue weighted by molar-refractivity contribution is -0.132. The SMILES string of the molecule is CN(Cc1nnc(-c2ccccc2)o1)C(=O)COc1ccc(Cl)cc1Br. The van der Waals surface area contributed by atoms with Gasteiger partial charge in [0.15, 0.2) is 6.61 Å². The van der Waals surface area contributed by atoms with Crippen LogP contribution in [0, 0.1) is 0 Å². The van der Waals surface area contributed by atoms with E-state index in [1.807, 2.05) is 30.3 Å². The van der Waals surface area contributed by atoms with E-state index in [4.69, 9.17) is 20.8 Å². The van der Waals surface area contributed by atoms with Crippen molar-refractivity contribution in [2.45, 2.75) is 6.54 Å². The summed E-state index contributed by atoms with van der Waals surface area (Å²) in [6.07, 6.45) is 0. The average Bonchev–Trinajstić information content (AvgIpc) is 3.10. The molecule has 1 heterocycles. The molecule has 0 radical (unpaired) electrons. The highest BCUT2D eigenvalue weighted by Crippen LogP contribution is 2.28. The van der Waals surface area contributed by atoms with E-state index in [2.05, 4.69) is 26.1 Å². The van der Waals surface area contributed by atoms with Crippen molar-refractivity contribution in [2.24, 2.45) is 0 Å². The van der Waals surface area contributed by atoms with Gasteiger partial charge in [-0.1, -0.05) is 29.8 Å². The number of aromatic nitrogens is 2. The molecular formula is C18H15BrClN3O3. The number of hydrogen-bond acceptors (Lipinski definition) is 5.